The molecule has 0 saturated carbocycles. The molecule has 14 heteroatoms. The first-order valence-corrected chi connectivity index (χ1v) is 11.0. The molecule has 0 atom stereocenters. The standard InChI is InChI=1S/C23H24F4N8O2/c1-22(2,30-14-36)12-34(21(37)20-29-13-31-32-20)9-3-4-10-35-19(28)17(23(25,26)27)11-18(33-35)15-5-7-16(24)8-6-15/h4-8,10-11,13-14,28H,3,9,12H2,1-2H3,(H,30,36)(H,29,31,32)/b10-4+,28-19?. The van der Waals surface area contributed by atoms with Crippen LogP contribution in [0.2, 0.25) is 0 Å². The highest BCUT2D eigenvalue weighted by Crippen LogP contribution is 2.29. The summed E-state index contributed by atoms with van der Waals surface area (Å²) in [5.74, 6) is -1.06. The van der Waals surface area contributed by atoms with Gasteiger partial charge in [-0.25, -0.2) is 14.1 Å². The maximum Gasteiger partial charge on any atom is 0.420 e. The maximum absolute atomic E-state index is 13.6. The summed E-state index contributed by atoms with van der Waals surface area (Å²) in [5, 5.41) is 20.8. The first-order valence-electron chi connectivity index (χ1n) is 11.0. The van der Waals surface area contributed by atoms with Gasteiger partial charge in [-0.2, -0.15) is 23.4 Å². The van der Waals surface area contributed by atoms with E-state index in [4.69, 9.17) is 5.41 Å². The molecule has 0 aliphatic carbocycles. The molecule has 0 unspecified atom stereocenters. The highest BCUT2D eigenvalue weighted by molar-refractivity contribution is 5.90. The van der Waals surface area contributed by atoms with E-state index in [0.717, 1.165) is 22.9 Å². The number of hydrogen-bond acceptors (Lipinski definition) is 6. The molecule has 0 aliphatic rings. The summed E-state index contributed by atoms with van der Waals surface area (Å²) in [6.45, 7) is 3.64. The van der Waals surface area contributed by atoms with Crippen LogP contribution >= 0.6 is 0 Å². The van der Waals surface area contributed by atoms with Crippen LogP contribution in [0, 0.1) is 11.2 Å². The van der Waals surface area contributed by atoms with Crippen molar-refractivity contribution in [2.24, 2.45) is 0 Å². The molecule has 2 amide bonds. The Kier molecular flexibility index (Phi) is 8.20. The minimum atomic E-state index is -4.82. The Hall–Kier alpha value is -4.36. The van der Waals surface area contributed by atoms with Crippen LogP contribution < -0.4 is 10.8 Å². The Morgan fingerprint density at radius 1 is 1.24 bits per heavy atom. The van der Waals surface area contributed by atoms with Gasteiger partial charge in [-0.15, -0.1) is 0 Å². The molecule has 3 N–H and O–H groups in total. The van der Waals surface area contributed by atoms with Gasteiger partial charge in [0, 0.05) is 24.9 Å². The quantitative estimate of drug-likeness (QED) is 0.279. The lowest BCUT2D eigenvalue weighted by Gasteiger charge is -2.31. The number of halogens is 4. The number of amides is 2. The second-order valence-electron chi connectivity index (χ2n) is 8.62. The van der Waals surface area contributed by atoms with Crippen LogP contribution in [0.3, 0.4) is 0 Å². The number of nitrogens with one attached hydrogen (secondary N) is 3. The molecule has 0 radical (unpaired) electrons. The van der Waals surface area contributed by atoms with E-state index < -0.39 is 34.5 Å². The molecule has 0 bridgehead atoms. The number of benzene rings is 1. The molecule has 2 heterocycles. The SMILES string of the molecule is CC(C)(CN(CC/C=C/n1nc(-c2ccc(F)cc2)cc(C(F)(F)F)c1=N)C(=O)c1ncn[nH]1)NC=O. The van der Waals surface area contributed by atoms with E-state index in [9.17, 15) is 27.2 Å². The topological polar surface area (TPSA) is 133 Å². The number of hydrogen-bond donors (Lipinski definition) is 3. The van der Waals surface area contributed by atoms with Gasteiger partial charge in [-0.1, -0.05) is 6.08 Å². The minimum absolute atomic E-state index is 0.0165. The number of carbonyl (C=O) groups excluding carboxylic acids is 2. The Morgan fingerprint density at radius 2 is 1.95 bits per heavy atom. The van der Waals surface area contributed by atoms with Crippen LogP contribution in [0.5, 0.6) is 0 Å². The summed E-state index contributed by atoms with van der Waals surface area (Å²) in [4.78, 5) is 29.0. The van der Waals surface area contributed by atoms with Gasteiger partial charge in [-0.3, -0.25) is 20.1 Å². The normalized spacial score (nSPS) is 12.1. The zero-order valence-corrected chi connectivity index (χ0v) is 19.9. The highest BCUT2D eigenvalue weighted by Gasteiger charge is 2.34. The van der Waals surface area contributed by atoms with Gasteiger partial charge in [0.25, 0.3) is 5.91 Å². The number of rotatable bonds is 10. The van der Waals surface area contributed by atoms with Gasteiger partial charge in [0.05, 0.1) is 11.2 Å². The predicted molar refractivity (Wildman–Crippen MR) is 124 cm³/mol. The van der Waals surface area contributed by atoms with Crippen molar-refractivity contribution in [2.75, 3.05) is 13.1 Å². The summed E-state index contributed by atoms with van der Waals surface area (Å²) < 4.78 is 54.8. The zero-order valence-electron chi connectivity index (χ0n) is 19.9. The molecule has 1 aromatic carbocycles. The van der Waals surface area contributed by atoms with Crippen molar-refractivity contribution in [1.29, 1.82) is 5.41 Å². The van der Waals surface area contributed by atoms with Gasteiger partial charge >= 0.3 is 6.18 Å². The number of aromatic amines is 1. The van der Waals surface area contributed by atoms with E-state index in [1.807, 2.05) is 0 Å². The molecule has 2 aromatic heterocycles. The van der Waals surface area contributed by atoms with E-state index in [1.165, 1.54) is 35.6 Å². The van der Waals surface area contributed by atoms with Gasteiger partial charge < -0.3 is 10.2 Å². The van der Waals surface area contributed by atoms with Crippen LogP contribution in [0.25, 0.3) is 17.5 Å². The molecule has 10 nitrogen and oxygen atoms in total. The minimum Gasteiger partial charge on any atom is -0.352 e. The first kappa shape index (κ1) is 27.2. The lowest BCUT2D eigenvalue weighted by molar-refractivity contribution is -0.139. The molecular weight excluding hydrogens is 496 g/mol. The van der Waals surface area contributed by atoms with E-state index in [-0.39, 0.29) is 36.6 Å². The maximum atomic E-state index is 13.6. The van der Waals surface area contributed by atoms with Crippen LogP contribution in [0.1, 0.15) is 36.5 Å². The van der Waals surface area contributed by atoms with E-state index in [1.54, 1.807) is 13.8 Å². The lowest BCUT2D eigenvalue weighted by Crippen LogP contribution is -2.50. The molecular formula is C23H24F4N8O2. The average Bonchev–Trinajstić information content (AvgIpc) is 3.36. The number of H-pyrrole nitrogens is 1. The average molecular weight is 520 g/mol. The molecule has 3 rings (SSSR count). The van der Waals surface area contributed by atoms with E-state index in [0.29, 0.717) is 6.41 Å². The third kappa shape index (κ3) is 7.08. The van der Waals surface area contributed by atoms with Crippen LogP contribution in [-0.4, -0.2) is 60.8 Å². The fourth-order valence-corrected chi connectivity index (χ4v) is 3.41. The predicted octanol–water partition coefficient (Wildman–Crippen LogP) is 2.83. The van der Waals surface area contributed by atoms with Gasteiger partial charge in [0.1, 0.15) is 17.7 Å². The Bertz CT molecular complexity index is 1320. The van der Waals surface area contributed by atoms with Crippen molar-refractivity contribution in [3.8, 4) is 11.3 Å². The van der Waals surface area contributed by atoms with Crippen molar-refractivity contribution in [3.05, 3.63) is 65.4 Å². The smallest absolute Gasteiger partial charge is 0.352 e. The number of alkyl halides is 3. The number of carbonyl (C=O) groups is 2. The van der Waals surface area contributed by atoms with Crippen molar-refractivity contribution in [1.82, 2.24) is 35.2 Å². The van der Waals surface area contributed by atoms with Gasteiger partial charge in [0.2, 0.25) is 12.2 Å². The zero-order chi connectivity index (χ0) is 27.2. The van der Waals surface area contributed by atoms with Gasteiger partial charge in [0.15, 0.2) is 5.49 Å². The summed E-state index contributed by atoms with van der Waals surface area (Å²) in [6, 6.07) is 5.51. The molecule has 0 saturated heterocycles. The van der Waals surface area contributed by atoms with Crippen LogP contribution in [-0.2, 0) is 11.0 Å². The molecule has 0 aliphatic heterocycles. The highest BCUT2D eigenvalue weighted by atomic mass is 19.4. The lowest BCUT2D eigenvalue weighted by atomic mass is 10.1. The third-order valence-electron chi connectivity index (χ3n) is 5.18. The van der Waals surface area contributed by atoms with E-state index in [2.05, 4.69) is 25.6 Å². The third-order valence-corrected chi connectivity index (χ3v) is 5.18. The fraction of sp³-hybridized carbons (Fsp3) is 0.304. The fourth-order valence-electron chi connectivity index (χ4n) is 3.41. The Labute approximate surface area is 208 Å². The summed E-state index contributed by atoms with van der Waals surface area (Å²) in [6.07, 6.45) is -0.307. The van der Waals surface area contributed by atoms with E-state index >= 15 is 0 Å². The summed E-state index contributed by atoms with van der Waals surface area (Å²) in [5.41, 5.74) is -2.74. The Balaban J connectivity index is 1.86. The Morgan fingerprint density at radius 3 is 2.54 bits per heavy atom. The molecule has 0 spiro atoms. The second-order valence-corrected chi connectivity index (χ2v) is 8.62. The number of nitrogens with zero attached hydrogens (tertiary/aromatic N) is 5. The number of aromatic nitrogens is 5. The van der Waals surface area contributed by atoms with Crippen molar-refractivity contribution in [2.45, 2.75) is 32.0 Å². The van der Waals surface area contributed by atoms with Gasteiger partial charge in [-0.05, 0) is 50.6 Å². The van der Waals surface area contributed by atoms with Crippen LogP contribution in [0.15, 0.2) is 42.7 Å². The van der Waals surface area contributed by atoms with Crippen molar-refractivity contribution >= 4 is 18.5 Å². The molecule has 196 valence electrons. The second kappa shape index (κ2) is 11.1. The summed E-state index contributed by atoms with van der Waals surface area (Å²) >= 11 is 0. The monoisotopic (exact) mass is 520 g/mol. The largest absolute Gasteiger partial charge is 0.420 e. The first-order chi connectivity index (χ1) is 17.4. The van der Waals surface area contributed by atoms with Crippen molar-refractivity contribution in [3.63, 3.8) is 0 Å². The van der Waals surface area contributed by atoms with Crippen LogP contribution in [0.4, 0.5) is 17.6 Å². The summed E-state index contributed by atoms with van der Waals surface area (Å²) in [7, 11) is 0. The molecule has 3 aromatic rings. The molecule has 37 heavy (non-hydrogen) atoms. The van der Waals surface area contributed by atoms with Crippen molar-refractivity contribution < 1.29 is 27.2 Å². The molecule has 0 fully saturated rings.